The van der Waals surface area contributed by atoms with Crippen molar-refractivity contribution >= 4 is 39.8 Å². The average molecular weight is 593 g/mol. The number of hydrogen-bond acceptors (Lipinski definition) is 6. The van der Waals surface area contributed by atoms with E-state index >= 15 is 0 Å². The zero-order valence-electron chi connectivity index (χ0n) is 19.7. The summed E-state index contributed by atoms with van der Waals surface area (Å²) >= 11 is 5.93. The normalized spacial score (nSPS) is 12.4. The SMILES string of the molecule is Cl.O=C(NCC(F)(F)F)c1cc(S(=O)(=O)c2ccc(CCNC[C@H](O)c3cccc(Cl)c3)cc2)ccc1O. The van der Waals surface area contributed by atoms with Gasteiger partial charge in [0.05, 0.1) is 21.5 Å². The zero-order chi connectivity index (χ0) is 27.2. The van der Waals surface area contributed by atoms with E-state index in [0.717, 1.165) is 23.8 Å². The number of aliphatic hydroxyl groups excluding tert-OH is 1. The molecule has 0 heterocycles. The Balaban J connectivity index is 0.00000507. The van der Waals surface area contributed by atoms with Crippen molar-refractivity contribution in [3.8, 4) is 5.75 Å². The van der Waals surface area contributed by atoms with Crippen LogP contribution in [0, 0.1) is 0 Å². The highest BCUT2D eigenvalue weighted by Gasteiger charge is 2.29. The Morgan fingerprint density at radius 2 is 1.66 bits per heavy atom. The van der Waals surface area contributed by atoms with Crippen LogP contribution < -0.4 is 10.6 Å². The van der Waals surface area contributed by atoms with Crippen molar-refractivity contribution in [1.82, 2.24) is 10.6 Å². The fraction of sp³-hybridized carbons (Fsp3) is 0.240. The summed E-state index contributed by atoms with van der Waals surface area (Å²) in [7, 11) is -4.12. The predicted molar refractivity (Wildman–Crippen MR) is 139 cm³/mol. The van der Waals surface area contributed by atoms with E-state index in [4.69, 9.17) is 11.6 Å². The van der Waals surface area contributed by atoms with Gasteiger partial charge in [0.1, 0.15) is 12.3 Å². The first-order valence-corrected chi connectivity index (χ1v) is 12.9. The molecular weight excluding hydrogens is 568 g/mol. The molecule has 0 aliphatic carbocycles. The van der Waals surface area contributed by atoms with E-state index in [-0.39, 0.29) is 22.2 Å². The number of carbonyl (C=O) groups excluding carboxylic acids is 1. The van der Waals surface area contributed by atoms with E-state index in [2.05, 4.69) is 5.32 Å². The number of carbonyl (C=O) groups is 1. The summed E-state index contributed by atoms with van der Waals surface area (Å²) in [6.45, 7) is -0.817. The van der Waals surface area contributed by atoms with Gasteiger partial charge in [0.15, 0.2) is 0 Å². The fourth-order valence-electron chi connectivity index (χ4n) is 3.41. The van der Waals surface area contributed by atoms with Gasteiger partial charge in [0.2, 0.25) is 9.84 Å². The summed E-state index contributed by atoms with van der Waals surface area (Å²) in [5, 5.41) is 25.3. The second kappa shape index (κ2) is 13.3. The molecule has 0 aromatic heterocycles. The molecule has 0 saturated carbocycles. The van der Waals surface area contributed by atoms with Crippen LogP contribution in [0.25, 0.3) is 0 Å². The van der Waals surface area contributed by atoms with Gasteiger partial charge in [-0.2, -0.15) is 13.2 Å². The van der Waals surface area contributed by atoms with Crippen molar-refractivity contribution in [3.63, 3.8) is 0 Å². The van der Waals surface area contributed by atoms with E-state index < -0.39 is 45.9 Å². The van der Waals surface area contributed by atoms with Gasteiger partial charge in [-0.3, -0.25) is 4.79 Å². The molecule has 0 saturated heterocycles. The summed E-state index contributed by atoms with van der Waals surface area (Å²) in [6, 6.07) is 15.7. The van der Waals surface area contributed by atoms with E-state index in [0.29, 0.717) is 30.1 Å². The molecule has 3 aromatic rings. The number of hydrogen-bond donors (Lipinski definition) is 4. The molecule has 0 radical (unpaired) electrons. The number of benzene rings is 3. The summed E-state index contributed by atoms with van der Waals surface area (Å²) < 4.78 is 63.1. The van der Waals surface area contributed by atoms with E-state index in [1.807, 2.05) is 0 Å². The Morgan fingerprint density at radius 3 is 2.29 bits per heavy atom. The standard InChI is InChI=1S/C25H24ClF3N2O5S.ClH/c26-18-3-1-2-17(12-18)23(33)14-30-11-10-16-4-6-19(7-5-16)37(35,36)20-8-9-22(32)21(13-20)24(34)31-15-25(27,28)29;/h1-9,12-13,23,30,32-33H,10-11,14-15H2,(H,31,34);1H/t23-;/m0./s1. The van der Waals surface area contributed by atoms with E-state index in [9.17, 15) is 36.6 Å². The molecule has 1 amide bonds. The van der Waals surface area contributed by atoms with Gasteiger partial charge in [-0.25, -0.2) is 8.42 Å². The Kier molecular flexibility index (Phi) is 11.0. The van der Waals surface area contributed by atoms with Gasteiger partial charge in [0.25, 0.3) is 5.91 Å². The molecule has 0 bridgehead atoms. The van der Waals surface area contributed by atoms with Crippen LogP contribution in [-0.2, 0) is 16.3 Å². The quantitative estimate of drug-likeness (QED) is 0.258. The smallest absolute Gasteiger partial charge is 0.405 e. The van der Waals surface area contributed by atoms with Gasteiger partial charge in [-0.15, -0.1) is 12.4 Å². The minimum Gasteiger partial charge on any atom is -0.507 e. The van der Waals surface area contributed by atoms with Crippen LogP contribution in [0.1, 0.15) is 27.6 Å². The first kappa shape index (κ1) is 31.4. The molecule has 0 fully saturated rings. The fourth-order valence-corrected chi connectivity index (χ4v) is 4.90. The molecule has 4 N–H and O–H groups in total. The maximum atomic E-state index is 13.0. The van der Waals surface area contributed by atoms with Crippen LogP contribution in [0.5, 0.6) is 5.75 Å². The zero-order valence-corrected chi connectivity index (χ0v) is 22.1. The highest BCUT2D eigenvalue weighted by atomic mass is 35.5. The molecule has 0 aliphatic heterocycles. The topological polar surface area (TPSA) is 116 Å². The largest absolute Gasteiger partial charge is 0.507 e. The molecule has 0 spiro atoms. The number of aliphatic hydroxyl groups is 1. The van der Waals surface area contributed by atoms with E-state index in [1.165, 1.54) is 12.1 Å². The highest BCUT2D eigenvalue weighted by molar-refractivity contribution is 7.91. The number of alkyl halides is 3. The number of phenols is 1. The van der Waals surface area contributed by atoms with Crippen molar-refractivity contribution in [2.75, 3.05) is 19.6 Å². The van der Waals surface area contributed by atoms with Crippen LogP contribution >= 0.6 is 24.0 Å². The molecule has 206 valence electrons. The number of phenolic OH excluding ortho intramolecular Hbond substituents is 1. The number of halogens is 5. The lowest BCUT2D eigenvalue weighted by molar-refractivity contribution is -0.123. The molecule has 7 nitrogen and oxygen atoms in total. The highest BCUT2D eigenvalue weighted by Crippen LogP contribution is 2.27. The number of aromatic hydroxyl groups is 1. The van der Waals surface area contributed by atoms with Gasteiger partial charge in [-0.05, 0) is 66.6 Å². The maximum absolute atomic E-state index is 13.0. The molecule has 0 aliphatic rings. The molecule has 13 heteroatoms. The third-order valence-electron chi connectivity index (χ3n) is 5.37. The molecular formula is C25H25Cl2F3N2O5S. The average Bonchev–Trinajstić information content (AvgIpc) is 2.85. The summed E-state index contributed by atoms with van der Waals surface area (Å²) in [5.74, 6) is -1.91. The lowest BCUT2D eigenvalue weighted by Crippen LogP contribution is -2.33. The monoisotopic (exact) mass is 592 g/mol. The predicted octanol–water partition coefficient (Wildman–Crippen LogP) is 4.46. The van der Waals surface area contributed by atoms with Gasteiger partial charge in [-0.1, -0.05) is 35.9 Å². The first-order valence-electron chi connectivity index (χ1n) is 11.0. The molecule has 3 aromatic carbocycles. The van der Waals surface area contributed by atoms with Gasteiger partial charge >= 0.3 is 6.18 Å². The van der Waals surface area contributed by atoms with Crippen LogP contribution in [0.15, 0.2) is 76.5 Å². The van der Waals surface area contributed by atoms with Crippen molar-refractivity contribution in [2.24, 2.45) is 0 Å². The lowest BCUT2D eigenvalue weighted by Gasteiger charge is -2.13. The number of amides is 1. The second-order valence-electron chi connectivity index (χ2n) is 8.15. The lowest BCUT2D eigenvalue weighted by atomic mass is 10.1. The minimum atomic E-state index is -4.66. The van der Waals surface area contributed by atoms with Crippen LogP contribution in [0.4, 0.5) is 13.2 Å². The van der Waals surface area contributed by atoms with Crippen LogP contribution in [0.3, 0.4) is 0 Å². The number of sulfone groups is 1. The van der Waals surface area contributed by atoms with Gasteiger partial charge in [0, 0.05) is 11.6 Å². The molecule has 0 unspecified atom stereocenters. The Hall–Kier alpha value is -2.83. The second-order valence-corrected chi connectivity index (χ2v) is 10.5. The molecule has 38 heavy (non-hydrogen) atoms. The van der Waals surface area contributed by atoms with Crippen LogP contribution in [0.2, 0.25) is 5.02 Å². The van der Waals surface area contributed by atoms with Crippen LogP contribution in [-0.4, -0.2) is 50.3 Å². The first-order chi connectivity index (χ1) is 17.4. The third-order valence-corrected chi connectivity index (χ3v) is 7.37. The van der Waals surface area contributed by atoms with Crippen molar-refractivity contribution in [3.05, 3.63) is 88.4 Å². The Morgan fingerprint density at radius 1 is 1.00 bits per heavy atom. The van der Waals surface area contributed by atoms with Crippen molar-refractivity contribution < 1.29 is 36.6 Å². The number of rotatable bonds is 10. The van der Waals surface area contributed by atoms with Gasteiger partial charge < -0.3 is 20.8 Å². The maximum Gasteiger partial charge on any atom is 0.405 e. The summed E-state index contributed by atoms with van der Waals surface area (Å²) in [6.07, 6.45) is -4.86. The minimum absolute atomic E-state index is 0. The third kappa shape index (κ3) is 8.60. The molecule has 3 rings (SSSR count). The number of nitrogens with one attached hydrogen (secondary N) is 2. The Labute approximate surface area is 229 Å². The summed E-state index contributed by atoms with van der Waals surface area (Å²) in [4.78, 5) is 11.6. The summed E-state index contributed by atoms with van der Waals surface area (Å²) in [5.41, 5.74) is 0.916. The van der Waals surface area contributed by atoms with Crippen molar-refractivity contribution in [2.45, 2.75) is 28.5 Å². The Bertz CT molecular complexity index is 1350. The molecule has 1 atom stereocenters. The van der Waals surface area contributed by atoms with Crippen molar-refractivity contribution in [1.29, 1.82) is 0 Å². The van der Waals surface area contributed by atoms with E-state index in [1.54, 1.807) is 41.7 Å².